The number of ether oxygens (including phenoxy) is 1. The van der Waals surface area contributed by atoms with Crippen LogP contribution in [-0.2, 0) is 4.79 Å². The molecule has 2 aromatic heterocycles. The largest absolute Gasteiger partial charge is 0.468 e. The Morgan fingerprint density at radius 2 is 1.86 bits per heavy atom. The lowest BCUT2D eigenvalue weighted by Crippen LogP contribution is -2.28. The first-order valence-electron chi connectivity index (χ1n) is 8.64. The maximum Gasteiger partial charge on any atom is 0.422 e. The number of hydrogen-bond donors (Lipinski definition) is 2. The molecule has 2 aromatic rings. The number of amides is 2. The first-order chi connectivity index (χ1) is 13.5. The molecule has 2 rings (SSSR count). The molecule has 2 amide bonds. The maximum absolute atomic E-state index is 12.4. The summed E-state index contributed by atoms with van der Waals surface area (Å²) in [6.45, 7) is 3.68. The van der Waals surface area contributed by atoms with E-state index < -0.39 is 24.7 Å². The number of anilines is 1. The standard InChI is InChI=1S/C18H20F3N5O3/c1-10(2)16(27)26-14-6-13(23-9-24-14)17(28)25-11(3)12-4-5-15(22-7-12)29-8-18(19,20)21/h4-7,9-11H,8H2,1-3H3,(H,25,28)(H,23,24,26,27). The highest BCUT2D eigenvalue weighted by molar-refractivity contribution is 5.95. The van der Waals surface area contributed by atoms with Gasteiger partial charge in [-0.3, -0.25) is 9.59 Å². The lowest BCUT2D eigenvalue weighted by atomic mass is 10.1. The van der Waals surface area contributed by atoms with Crippen molar-refractivity contribution >= 4 is 17.6 Å². The summed E-state index contributed by atoms with van der Waals surface area (Å²) in [5, 5.41) is 5.27. The van der Waals surface area contributed by atoms with Gasteiger partial charge in [-0.25, -0.2) is 15.0 Å². The van der Waals surface area contributed by atoms with Crippen molar-refractivity contribution in [2.45, 2.75) is 33.0 Å². The SMILES string of the molecule is CC(C)C(=O)Nc1cc(C(=O)NC(C)c2ccc(OCC(F)(F)F)nc2)ncn1. The molecule has 11 heteroatoms. The molecule has 0 bridgehead atoms. The first-order valence-corrected chi connectivity index (χ1v) is 8.64. The van der Waals surface area contributed by atoms with Gasteiger partial charge in [0.2, 0.25) is 11.8 Å². The van der Waals surface area contributed by atoms with Crippen LogP contribution in [-0.4, -0.2) is 39.5 Å². The van der Waals surface area contributed by atoms with Gasteiger partial charge in [0.1, 0.15) is 17.8 Å². The second-order valence-corrected chi connectivity index (χ2v) is 6.46. The van der Waals surface area contributed by atoms with Crippen molar-refractivity contribution in [1.29, 1.82) is 0 Å². The average Bonchev–Trinajstić information content (AvgIpc) is 2.66. The Morgan fingerprint density at radius 3 is 2.45 bits per heavy atom. The molecule has 29 heavy (non-hydrogen) atoms. The normalized spacial score (nSPS) is 12.4. The molecule has 156 valence electrons. The molecule has 0 saturated heterocycles. The Kier molecular flexibility index (Phi) is 7.08. The number of carbonyl (C=O) groups excluding carboxylic acids is 2. The van der Waals surface area contributed by atoms with E-state index in [1.54, 1.807) is 20.8 Å². The molecule has 0 aliphatic heterocycles. The number of hydrogen-bond acceptors (Lipinski definition) is 6. The van der Waals surface area contributed by atoms with Crippen molar-refractivity contribution < 1.29 is 27.5 Å². The average molecular weight is 411 g/mol. The lowest BCUT2D eigenvalue weighted by Gasteiger charge is -2.15. The van der Waals surface area contributed by atoms with Gasteiger partial charge < -0.3 is 15.4 Å². The smallest absolute Gasteiger partial charge is 0.422 e. The minimum absolute atomic E-state index is 0.0454. The second kappa shape index (κ2) is 9.30. The number of carbonyl (C=O) groups is 2. The fourth-order valence-electron chi connectivity index (χ4n) is 2.06. The molecule has 0 saturated carbocycles. The van der Waals surface area contributed by atoms with Gasteiger partial charge >= 0.3 is 6.18 Å². The monoisotopic (exact) mass is 411 g/mol. The molecule has 0 aliphatic rings. The van der Waals surface area contributed by atoms with Crippen molar-refractivity contribution in [1.82, 2.24) is 20.3 Å². The van der Waals surface area contributed by atoms with E-state index in [1.165, 1.54) is 24.4 Å². The van der Waals surface area contributed by atoms with Crippen molar-refractivity contribution in [2.24, 2.45) is 5.92 Å². The maximum atomic E-state index is 12.4. The van der Waals surface area contributed by atoms with Gasteiger partial charge in [-0.1, -0.05) is 19.9 Å². The zero-order chi connectivity index (χ0) is 21.6. The van der Waals surface area contributed by atoms with Gasteiger partial charge in [0.05, 0.1) is 6.04 Å². The van der Waals surface area contributed by atoms with E-state index in [0.29, 0.717) is 5.56 Å². The number of pyridine rings is 1. The summed E-state index contributed by atoms with van der Waals surface area (Å²) in [5.74, 6) is -0.993. The molecule has 0 spiro atoms. The topological polar surface area (TPSA) is 106 Å². The minimum atomic E-state index is -4.45. The summed E-state index contributed by atoms with van der Waals surface area (Å²) in [6, 6.07) is 3.62. The van der Waals surface area contributed by atoms with Gasteiger partial charge in [-0.05, 0) is 12.5 Å². The number of nitrogens with zero attached hydrogens (tertiary/aromatic N) is 3. The third kappa shape index (κ3) is 7.01. The van der Waals surface area contributed by atoms with Crippen LogP contribution in [0.1, 0.15) is 42.9 Å². The van der Waals surface area contributed by atoms with Crippen LogP contribution in [0, 0.1) is 5.92 Å². The number of halogens is 3. The molecule has 0 aliphatic carbocycles. The van der Waals surface area contributed by atoms with E-state index in [0.717, 1.165) is 6.33 Å². The highest BCUT2D eigenvalue weighted by Gasteiger charge is 2.28. The summed E-state index contributed by atoms with van der Waals surface area (Å²) in [5.41, 5.74) is 0.601. The van der Waals surface area contributed by atoms with Crippen molar-refractivity contribution in [3.05, 3.63) is 42.0 Å². The Bertz CT molecular complexity index is 857. The lowest BCUT2D eigenvalue weighted by molar-refractivity contribution is -0.154. The van der Waals surface area contributed by atoms with Gasteiger partial charge in [0.15, 0.2) is 6.61 Å². The van der Waals surface area contributed by atoms with Gasteiger partial charge in [0, 0.05) is 24.2 Å². The van der Waals surface area contributed by atoms with Crippen molar-refractivity contribution in [2.75, 3.05) is 11.9 Å². The van der Waals surface area contributed by atoms with Crippen molar-refractivity contribution in [3.8, 4) is 5.88 Å². The second-order valence-electron chi connectivity index (χ2n) is 6.46. The highest BCUT2D eigenvalue weighted by atomic mass is 19.4. The molecular formula is C18H20F3N5O3. The first kappa shape index (κ1) is 22.1. The van der Waals surface area contributed by atoms with Crippen LogP contribution < -0.4 is 15.4 Å². The molecule has 0 aromatic carbocycles. The molecular weight excluding hydrogens is 391 g/mol. The fourth-order valence-corrected chi connectivity index (χ4v) is 2.06. The molecule has 1 unspecified atom stereocenters. The third-order valence-electron chi connectivity index (χ3n) is 3.67. The molecule has 2 N–H and O–H groups in total. The zero-order valence-electron chi connectivity index (χ0n) is 15.9. The Labute approximate surface area is 164 Å². The minimum Gasteiger partial charge on any atom is -0.468 e. The Morgan fingerprint density at radius 1 is 1.14 bits per heavy atom. The molecule has 2 heterocycles. The molecule has 1 atom stereocenters. The van der Waals surface area contributed by atoms with E-state index in [-0.39, 0.29) is 29.2 Å². The summed E-state index contributed by atoms with van der Waals surface area (Å²) in [6.07, 6.45) is -1.98. The summed E-state index contributed by atoms with van der Waals surface area (Å²) in [4.78, 5) is 35.7. The van der Waals surface area contributed by atoms with E-state index in [2.05, 4.69) is 30.3 Å². The number of rotatable bonds is 7. The van der Waals surface area contributed by atoms with Crippen molar-refractivity contribution in [3.63, 3.8) is 0 Å². The fraction of sp³-hybridized carbons (Fsp3) is 0.389. The summed E-state index contributed by atoms with van der Waals surface area (Å²) >= 11 is 0. The third-order valence-corrected chi connectivity index (χ3v) is 3.67. The van der Waals surface area contributed by atoms with Gasteiger partial charge in [-0.15, -0.1) is 0 Å². The van der Waals surface area contributed by atoms with Gasteiger partial charge in [-0.2, -0.15) is 13.2 Å². The zero-order valence-corrected chi connectivity index (χ0v) is 15.9. The van der Waals surface area contributed by atoms with E-state index in [9.17, 15) is 22.8 Å². The number of nitrogens with one attached hydrogen (secondary N) is 2. The van der Waals surface area contributed by atoms with E-state index >= 15 is 0 Å². The molecule has 8 nitrogen and oxygen atoms in total. The predicted octanol–water partition coefficient (Wildman–Crippen LogP) is 2.90. The van der Waals surface area contributed by atoms with Crippen LogP contribution in [0.15, 0.2) is 30.7 Å². The Hall–Kier alpha value is -3.24. The van der Waals surface area contributed by atoms with Crippen LogP contribution in [0.2, 0.25) is 0 Å². The van der Waals surface area contributed by atoms with E-state index in [1.807, 2.05) is 0 Å². The highest BCUT2D eigenvalue weighted by Crippen LogP contribution is 2.19. The van der Waals surface area contributed by atoms with Crippen LogP contribution in [0.4, 0.5) is 19.0 Å². The molecule has 0 radical (unpaired) electrons. The van der Waals surface area contributed by atoms with Crippen LogP contribution in [0.3, 0.4) is 0 Å². The van der Waals surface area contributed by atoms with Crippen LogP contribution in [0.25, 0.3) is 0 Å². The Balaban J connectivity index is 1.99. The quantitative estimate of drug-likeness (QED) is 0.726. The number of aromatic nitrogens is 3. The summed E-state index contributed by atoms with van der Waals surface area (Å²) < 4.78 is 41.0. The van der Waals surface area contributed by atoms with Crippen LogP contribution >= 0.6 is 0 Å². The predicted molar refractivity (Wildman–Crippen MR) is 97.2 cm³/mol. The molecule has 0 fully saturated rings. The summed E-state index contributed by atoms with van der Waals surface area (Å²) in [7, 11) is 0. The van der Waals surface area contributed by atoms with E-state index in [4.69, 9.17) is 0 Å². The van der Waals surface area contributed by atoms with Gasteiger partial charge in [0.25, 0.3) is 5.91 Å². The number of alkyl halides is 3. The van der Waals surface area contributed by atoms with Crippen LogP contribution in [0.5, 0.6) is 5.88 Å².